The van der Waals surface area contributed by atoms with Gasteiger partial charge in [0.25, 0.3) is 0 Å². The Bertz CT molecular complexity index is 854. The molecule has 0 aliphatic carbocycles. The summed E-state index contributed by atoms with van der Waals surface area (Å²) in [6.45, 7) is 6.88. The lowest BCUT2D eigenvalue weighted by atomic mass is 9.79. The van der Waals surface area contributed by atoms with Gasteiger partial charge in [0.2, 0.25) is 11.8 Å². The fourth-order valence-corrected chi connectivity index (χ4v) is 4.08. The van der Waals surface area contributed by atoms with E-state index in [2.05, 4.69) is 35.6 Å². The fraction of sp³-hybridized carbons (Fsp3) is 0.417. The second kappa shape index (κ2) is 7.78. The van der Waals surface area contributed by atoms with Crippen molar-refractivity contribution in [1.29, 1.82) is 0 Å². The standard InChI is InChI=1S/C24H30N2O2/c1-23(2,3)22(28)26-14-13-24(17-26,21(27)25-4)16-18-9-8-12-20(15-18)19-10-6-5-7-11-19/h5-12,15H,13-14,16-17H2,1-4H3,(H,25,27). The number of amides is 2. The van der Waals surface area contributed by atoms with Crippen LogP contribution in [-0.2, 0) is 16.0 Å². The molecule has 1 aliphatic rings. The van der Waals surface area contributed by atoms with Crippen LogP contribution in [0.15, 0.2) is 54.6 Å². The topological polar surface area (TPSA) is 49.4 Å². The lowest BCUT2D eigenvalue weighted by Crippen LogP contribution is -2.45. The molecule has 0 radical (unpaired) electrons. The highest BCUT2D eigenvalue weighted by molar-refractivity contribution is 5.87. The summed E-state index contributed by atoms with van der Waals surface area (Å²) in [5.41, 5.74) is 2.41. The van der Waals surface area contributed by atoms with Crippen molar-refractivity contribution in [1.82, 2.24) is 10.2 Å². The highest BCUT2D eigenvalue weighted by atomic mass is 16.2. The number of carbonyl (C=O) groups excluding carboxylic acids is 2. The zero-order chi connectivity index (χ0) is 20.4. The van der Waals surface area contributed by atoms with Crippen molar-refractivity contribution >= 4 is 11.8 Å². The Morgan fingerprint density at radius 2 is 1.71 bits per heavy atom. The molecule has 2 amide bonds. The normalized spacial score (nSPS) is 19.5. The third kappa shape index (κ3) is 4.11. The average Bonchev–Trinajstić information content (AvgIpc) is 3.12. The quantitative estimate of drug-likeness (QED) is 0.877. The van der Waals surface area contributed by atoms with Gasteiger partial charge in [-0.15, -0.1) is 0 Å². The molecule has 148 valence electrons. The van der Waals surface area contributed by atoms with Crippen molar-refractivity contribution < 1.29 is 9.59 Å². The van der Waals surface area contributed by atoms with Gasteiger partial charge >= 0.3 is 0 Å². The Hall–Kier alpha value is -2.62. The summed E-state index contributed by atoms with van der Waals surface area (Å²) in [7, 11) is 1.68. The molecular formula is C24H30N2O2. The first-order valence-electron chi connectivity index (χ1n) is 9.91. The van der Waals surface area contributed by atoms with E-state index in [0.29, 0.717) is 25.9 Å². The maximum Gasteiger partial charge on any atom is 0.228 e. The van der Waals surface area contributed by atoms with Gasteiger partial charge in [0.1, 0.15) is 0 Å². The summed E-state index contributed by atoms with van der Waals surface area (Å²) in [5, 5.41) is 2.84. The van der Waals surface area contributed by atoms with E-state index in [1.165, 1.54) is 0 Å². The van der Waals surface area contributed by atoms with E-state index < -0.39 is 10.8 Å². The SMILES string of the molecule is CNC(=O)C1(Cc2cccc(-c3ccccc3)c2)CCN(C(=O)C(C)(C)C)C1. The van der Waals surface area contributed by atoms with Crippen LogP contribution in [0.25, 0.3) is 11.1 Å². The molecule has 1 N–H and O–H groups in total. The number of nitrogens with zero attached hydrogens (tertiary/aromatic N) is 1. The Balaban J connectivity index is 1.87. The molecule has 2 aromatic carbocycles. The van der Waals surface area contributed by atoms with Crippen LogP contribution in [0.2, 0.25) is 0 Å². The van der Waals surface area contributed by atoms with E-state index >= 15 is 0 Å². The van der Waals surface area contributed by atoms with Crippen molar-refractivity contribution in [3.05, 3.63) is 60.2 Å². The summed E-state index contributed by atoms with van der Waals surface area (Å²) >= 11 is 0. The van der Waals surface area contributed by atoms with Crippen LogP contribution in [0, 0.1) is 10.8 Å². The van der Waals surface area contributed by atoms with E-state index in [1.54, 1.807) is 7.05 Å². The molecule has 0 spiro atoms. The smallest absolute Gasteiger partial charge is 0.228 e. The van der Waals surface area contributed by atoms with E-state index in [4.69, 9.17) is 0 Å². The average molecular weight is 379 g/mol. The first kappa shape index (κ1) is 20.1. The third-order valence-corrected chi connectivity index (χ3v) is 5.57. The predicted octanol–water partition coefficient (Wildman–Crippen LogP) is 3.91. The molecule has 0 aromatic heterocycles. The molecule has 0 bridgehead atoms. The highest BCUT2D eigenvalue weighted by Gasteiger charge is 2.46. The van der Waals surface area contributed by atoms with Gasteiger partial charge in [0.05, 0.1) is 5.41 Å². The minimum atomic E-state index is -0.578. The molecule has 3 rings (SSSR count). The number of likely N-dealkylation sites (tertiary alicyclic amines) is 1. The van der Waals surface area contributed by atoms with Gasteiger partial charge in [0, 0.05) is 25.6 Å². The van der Waals surface area contributed by atoms with Crippen LogP contribution in [0.3, 0.4) is 0 Å². The Morgan fingerprint density at radius 1 is 1.04 bits per heavy atom. The zero-order valence-electron chi connectivity index (χ0n) is 17.3. The predicted molar refractivity (Wildman–Crippen MR) is 113 cm³/mol. The Kier molecular flexibility index (Phi) is 5.59. The molecule has 2 aromatic rings. The second-order valence-electron chi connectivity index (χ2n) is 8.83. The molecule has 4 heteroatoms. The minimum Gasteiger partial charge on any atom is -0.359 e. The Morgan fingerprint density at radius 3 is 2.36 bits per heavy atom. The van der Waals surface area contributed by atoms with Crippen molar-refractivity contribution in [3.8, 4) is 11.1 Å². The van der Waals surface area contributed by atoms with Crippen LogP contribution in [-0.4, -0.2) is 36.9 Å². The number of hydrogen-bond acceptors (Lipinski definition) is 2. The van der Waals surface area contributed by atoms with Crippen LogP contribution in [0.1, 0.15) is 32.8 Å². The summed E-state index contributed by atoms with van der Waals surface area (Å²) in [6, 6.07) is 18.6. The first-order chi connectivity index (χ1) is 13.2. The van der Waals surface area contributed by atoms with Gasteiger partial charge < -0.3 is 10.2 Å². The summed E-state index contributed by atoms with van der Waals surface area (Å²) in [4.78, 5) is 27.5. The van der Waals surface area contributed by atoms with Gasteiger partial charge in [-0.05, 0) is 29.5 Å². The summed E-state index contributed by atoms with van der Waals surface area (Å²) in [5.74, 6) is 0.123. The molecule has 1 aliphatic heterocycles. The number of carbonyl (C=O) groups is 2. The van der Waals surface area contributed by atoms with Gasteiger partial charge in [-0.1, -0.05) is 75.4 Å². The number of benzene rings is 2. The van der Waals surface area contributed by atoms with Gasteiger partial charge in [-0.25, -0.2) is 0 Å². The summed E-state index contributed by atoms with van der Waals surface area (Å²) in [6.07, 6.45) is 1.31. The maximum absolute atomic E-state index is 12.9. The molecule has 1 unspecified atom stereocenters. The monoisotopic (exact) mass is 378 g/mol. The third-order valence-electron chi connectivity index (χ3n) is 5.57. The molecule has 1 fully saturated rings. The maximum atomic E-state index is 12.9. The van der Waals surface area contributed by atoms with Crippen molar-refractivity contribution in [2.24, 2.45) is 10.8 Å². The molecule has 1 atom stereocenters. The van der Waals surface area contributed by atoms with Crippen LogP contribution >= 0.6 is 0 Å². The minimum absolute atomic E-state index is 0.0156. The van der Waals surface area contributed by atoms with Crippen molar-refractivity contribution in [2.45, 2.75) is 33.6 Å². The van der Waals surface area contributed by atoms with E-state index in [9.17, 15) is 9.59 Å². The molecular weight excluding hydrogens is 348 g/mol. The van der Waals surface area contributed by atoms with Crippen LogP contribution in [0.4, 0.5) is 0 Å². The van der Waals surface area contributed by atoms with Crippen molar-refractivity contribution in [3.63, 3.8) is 0 Å². The molecule has 1 saturated heterocycles. The van der Waals surface area contributed by atoms with Crippen molar-refractivity contribution in [2.75, 3.05) is 20.1 Å². The number of hydrogen-bond donors (Lipinski definition) is 1. The van der Waals surface area contributed by atoms with Gasteiger partial charge in [-0.2, -0.15) is 0 Å². The molecule has 1 heterocycles. The van der Waals surface area contributed by atoms with Crippen LogP contribution in [0.5, 0.6) is 0 Å². The lowest BCUT2D eigenvalue weighted by molar-refractivity contribution is -0.139. The fourth-order valence-electron chi connectivity index (χ4n) is 4.08. The zero-order valence-corrected chi connectivity index (χ0v) is 17.3. The number of nitrogens with one attached hydrogen (secondary N) is 1. The molecule has 0 saturated carbocycles. The van der Waals surface area contributed by atoms with E-state index in [0.717, 1.165) is 16.7 Å². The number of rotatable bonds is 4. The van der Waals surface area contributed by atoms with Gasteiger partial charge in [0.15, 0.2) is 0 Å². The second-order valence-corrected chi connectivity index (χ2v) is 8.83. The van der Waals surface area contributed by atoms with E-state index in [1.807, 2.05) is 49.9 Å². The van der Waals surface area contributed by atoms with E-state index in [-0.39, 0.29) is 11.8 Å². The first-order valence-corrected chi connectivity index (χ1v) is 9.91. The molecule has 28 heavy (non-hydrogen) atoms. The molecule has 4 nitrogen and oxygen atoms in total. The largest absolute Gasteiger partial charge is 0.359 e. The Labute approximate surface area is 167 Å². The lowest BCUT2D eigenvalue weighted by Gasteiger charge is -2.30. The van der Waals surface area contributed by atoms with Gasteiger partial charge in [-0.3, -0.25) is 9.59 Å². The summed E-state index contributed by atoms with van der Waals surface area (Å²) < 4.78 is 0. The highest BCUT2D eigenvalue weighted by Crippen LogP contribution is 2.37. The van der Waals surface area contributed by atoms with Crippen LogP contribution < -0.4 is 5.32 Å².